The number of aromatic amines is 1. The number of H-pyrrole nitrogens is 1. The van der Waals surface area contributed by atoms with Crippen molar-refractivity contribution in [3.8, 4) is 11.4 Å². The van der Waals surface area contributed by atoms with Gasteiger partial charge in [0.15, 0.2) is 0 Å². The van der Waals surface area contributed by atoms with Gasteiger partial charge >= 0.3 is 0 Å². The quantitative estimate of drug-likeness (QED) is 0.298. The minimum absolute atomic E-state index is 0.0745. The molecule has 164 valence electrons. The maximum atomic E-state index is 14.1. The highest BCUT2D eigenvalue weighted by molar-refractivity contribution is 9.10. The van der Waals surface area contributed by atoms with Gasteiger partial charge in [-0.1, -0.05) is 54.6 Å². The van der Waals surface area contributed by atoms with E-state index in [0.29, 0.717) is 32.5 Å². The molecule has 0 saturated heterocycles. The Labute approximate surface area is 198 Å². The molecule has 1 atom stereocenters. The molecule has 1 heterocycles. The molecule has 1 unspecified atom stereocenters. The van der Waals surface area contributed by atoms with Crippen LogP contribution in [0, 0.1) is 12.7 Å². The van der Waals surface area contributed by atoms with Gasteiger partial charge in [0, 0.05) is 17.2 Å². The lowest BCUT2D eigenvalue weighted by Crippen LogP contribution is -2.21. The van der Waals surface area contributed by atoms with Crippen molar-refractivity contribution in [2.24, 2.45) is 0 Å². The molecule has 0 aliphatic heterocycles. The fourth-order valence-corrected chi connectivity index (χ4v) is 4.81. The standard InChI is InChI=1S/C27H20BrFN2O2/c1-16-24(27(33)31(30-16)19-8-3-2-4-9-19)25(18-11-13-22(29)21(28)15-18)26-20-10-6-5-7-17(20)12-14-23(26)32/h2-15,25,30,32H,1H3. The van der Waals surface area contributed by atoms with Crippen LogP contribution in [0.3, 0.4) is 0 Å². The van der Waals surface area contributed by atoms with Crippen molar-refractivity contribution in [2.45, 2.75) is 12.8 Å². The summed E-state index contributed by atoms with van der Waals surface area (Å²) in [7, 11) is 0. The van der Waals surface area contributed by atoms with E-state index in [2.05, 4.69) is 21.0 Å². The summed E-state index contributed by atoms with van der Waals surface area (Å²) in [5.41, 5.74) is 2.93. The number of fused-ring (bicyclic) bond motifs is 1. The van der Waals surface area contributed by atoms with Crippen LogP contribution >= 0.6 is 15.9 Å². The number of hydrogen-bond acceptors (Lipinski definition) is 2. The number of aryl methyl sites for hydroxylation is 1. The highest BCUT2D eigenvalue weighted by atomic mass is 79.9. The second-order valence-corrected chi connectivity index (χ2v) is 8.81. The topological polar surface area (TPSA) is 58.0 Å². The molecule has 4 nitrogen and oxygen atoms in total. The summed E-state index contributed by atoms with van der Waals surface area (Å²) in [4.78, 5) is 13.7. The van der Waals surface area contributed by atoms with Crippen molar-refractivity contribution in [2.75, 3.05) is 0 Å². The largest absolute Gasteiger partial charge is 0.508 e. The Hall–Kier alpha value is -3.64. The Morgan fingerprint density at radius 1 is 0.939 bits per heavy atom. The minimum atomic E-state index is -0.623. The molecular weight excluding hydrogens is 483 g/mol. The molecule has 0 fully saturated rings. The second kappa shape index (κ2) is 8.37. The van der Waals surface area contributed by atoms with Gasteiger partial charge < -0.3 is 5.11 Å². The Morgan fingerprint density at radius 2 is 1.67 bits per heavy atom. The van der Waals surface area contributed by atoms with Gasteiger partial charge in [0.2, 0.25) is 0 Å². The SMILES string of the molecule is Cc1[nH]n(-c2ccccc2)c(=O)c1C(c1ccc(F)c(Br)c1)c1c(O)ccc2ccccc12. The highest BCUT2D eigenvalue weighted by Crippen LogP contribution is 2.41. The molecule has 0 aliphatic rings. The summed E-state index contributed by atoms with van der Waals surface area (Å²) in [5.74, 6) is -0.945. The van der Waals surface area contributed by atoms with Gasteiger partial charge in [-0.2, -0.15) is 0 Å². The first-order chi connectivity index (χ1) is 16.0. The Kier molecular flexibility index (Phi) is 5.38. The monoisotopic (exact) mass is 502 g/mol. The van der Waals surface area contributed by atoms with Gasteiger partial charge in [-0.05, 0) is 69.5 Å². The molecule has 4 aromatic carbocycles. The van der Waals surface area contributed by atoms with Gasteiger partial charge in [-0.25, -0.2) is 9.07 Å². The molecule has 0 radical (unpaired) electrons. The van der Waals surface area contributed by atoms with E-state index in [9.17, 15) is 14.3 Å². The van der Waals surface area contributed by atoms with Gasteiger partial charge in [0.1, 0.15) is 11.6 Å². The van der Waals surface area contributed by atoms with E-state index in [1.165, 1.54) is 10.7 Å². The number of benzene rings is 4. The van der Waals surface area contributed by atoms with E-state index in [0.717, 1.165) is 10.8 Å². The molecule has 0 spiro atoms. The zero-order valence-corrected chi connectivity index (χ0v) is 19.3. The average molecular weight is 503 g/mol. The van der Waals surface area contributed by atoms with Crippen molar-refractivity contribution >= 4 is 26.7 Å². The molecule has 0 amide bonds. The van der Waals surface area contributed by atoms with Crippen LogP contribution in [0.5, 0.6) is 5.75 Å². The summed E-state index contributed by atoms with van der Waals surface area (Å²) < 4.78 is 15.9. The van der Waals surface area contributed by atoms with E-state index in [1.54, 1.807) is 18.2 Å². The number of rotatable bonds is 4. The molecule has 0 saturated carbocycles. The maximum Gasteiger partial charge on any atom is 0.275 e. The van der Waals surface area contributed by atoms with Crippen LogP contribution < -0.4 is 5.56 Å². The molecule has 33 heavy (non-hydrogen) atoms. The summed E-state index contributed by atoms with van der Waals surface area (Å²) in [6.07, 6.45) is 0. The summed E-state index contributed by atoms with van der Waals surface area (Å²) in [6, 6.07) is 25.2. The Bertz CT molecular complexity index is 1540. The fraction of sp³-hybridized carbons (Fsp3) is 0.0741. The van der Waals surface area contributed by atoms with Crippen LogP contribution in [0.2, 0.25) is 0 Å². The average Bonchev–Trinajstić information content (AvgIpc) is 3.12. The first-order valence-electron chi connectivity index (χ1n) is 10.5. The molecule has 0 bridgehead atoms. The van der Waals surface area contributed by atoms with E-state index >= 15 is 0 Å². The van der Waals surface area contributed by atoms with Crippen molar-refractivity contribution < 1.29 is 9.50 Å². The van der Waals surface area contributed by atoms with Crippen molar-refractivity contribution in [3.05, 3.63) is 128 Å². The Morgan fingerprint density at radius 3 is 2.42 bits per heavy atom. The third-order valence-corrected chi connectivity index (χ3v) is 6.54. The lowest BCUT2D eigenvalue weighted by molar-refractivity contribution is 0.468. The van der Waals surface area contributed by atoms with E-state index in [4.69, 9.17) is 0 Å². The lowest BCUT2D eigenvalue weighted by atomic mass is 9.82. The fourth-order valence-electron chi connectivity index (χ4n) is 4.42. The predicted molar refractivity (Wildman–Crippen MR) is 132 cm³/mol. The number of aromatic nitrogens is 2. The number of hydrogen-bond donors (Lipinski definition) is 2. The predicted octanol–water partition coefficient (Wildman–Crippen LogP) is 6.41. The van der Waals surface area contributed by atoms with Crippen LogP contribution in [-0.2, 0) is 0 Å². The first-order valence-corrected chi connectivity index (χ1v) is 11.3. The molecule has 1 aromatic heterocycles. The normalized spacial score (nSPS) is 12.2. The van der Waals surface area contributed by atoms with Crippen LogP contribution in [0.1, 0.15) is 28.3 Å². The summed E-state index contributed by atoms with van der Waals surface area (Å²) in [5, 5.41) is 16.0. The number of halogens is 2. The van der Waals surface area contributed by atoms with Gasteiger partial charge in [-0.3, -0.25) is 9.89 Å². The van der Waals surface area contributed by atoms with Crippen LogP contribution in [0.15, 0.2) is 94.2 Å². The highest BCUT2D eigenvalue weighted by Gasteiger charge is 2.29. The van der Waals surface area contributed by atoms with E-state index in [-0.39, 0.29) is 11.3 Å². The van der Waals surface area contributed by atoms with E-state index < -0.39 is 11.7 Å². The maximum absolute atomic E-state index is 14.1. The van der Waals surface area contributed by atoms with Crippen molar-refractivity contribution in [1.82, 2.24) is 9.78 Å². The molecule has 0 aliphatic carbocycles. The second-order valence-electron chi connectivity index (χ2n) is 7.95. The third kappa shape index (κ3) is 3.66. The Balaban J connectivity index is 1.85. The molecule has 2 N–H and O–H groups in total. The first kappa shape index (κ1) is 21.2. The number of nitrogens with zero attached hydrogens (tertiary/aromatic N) is 1. The lowest BCUT2D eigenvalue weighted by Gasteiger charge is -2.21. The number of phenolic OH excluding ortho intramolecular Hbond substituents is 1. The van der Waals surface area contributed by atoms with Gasteiger partial charge in [0.25, 0.3) is 5.56 Å². The van der Waals surface area contributed by atoms with Crippen molar-refractivity contribution in [3.63, 3.8) is 0 Å². The number of nitrogens with one attached hydrogen (secondary N) is 1. The summed E-state index contributed by atoms with van der Waals surface area (Å²) >= 11 is 3.28. The third-order valence-electron chi connectivity index (χ3n) is 5.93. The van der Waals surface area contributed by atoms with Crippen LogP contribution in [-0.4, -0.2) is 14.9 Å². The van der Waals surface area contributed by atoms with Gasteiger partial charge in [-0.15, -0.1) is 0 Å². The number of para-hydroxylation sites is 1. The molecule has 5 rings (SSSR count). The summed E-state index contributed by atoms with van der Waals surface area (Å²) in [6.45, 7) is 1.84. The van der Waals surface area contributed by atoms with Gasteiger partial charge in [0.05, 0.1) is 15.7 Å². The van der Waals surface area contributed by atoms with Crippen LogP contribution in [0.4, 0.5) is 4.39 Å². The molecule has 6 heteroatoms. The zero-order chi connectivity index (χ0) is 23.1. The van der Waals surface area contributed by atoms with Crippen LogP contribution in [0.25, 0.3) is 16.5 Å². The number of aromatic hydroxyl groups is 1. The van der Waals surface area contributed by atoms with Crippen molar-refractivity contribution in [1.29, 1.82) is 0 Å². The minimum Gasteiger partial charge on any atom is -0.508 e. The number of phenols is 1. The molecular formula is C27H20BrFN2O2. The zero-order valence-electron chi connectivity index (χ0n) is 17.7. The molecule has 5 aromatic rings. The van der Waals surface area contributed by atoms with E-state index in [1.807, 2.05) is 67.6 Å². The smallest absolute Gasteiger partial charge is 0.275 e.